The van der Waals surface area contributed by atoms with E-state index < -0.39 is 11.5 Å². The van der Waals surface area contributed by atoms with E-state index in [1.54, 1.807) is 30.5 Å². The number of carbonyl (C=O) groups is 1. The summed E-state index contributed by atoms with van der Waals surface area (Å²) in [4.78, 5) is 28.2. The van der Waals surface area contributed by atoms with Crippen molar-refractivity contribution < 1.29 is 9.21 Å². The van der Waals surface area contributed by atoms with Crippen LogP contribution >= 0.6 is 0 Å². The number of nitrogens with one attached hydrogen (secondary N) is 2. The number of carbonyl (C=O) groups excluding carboxylic acids is 1. The van der Waals surface area contributed by atoms with Gasteiger partial charge in [0.2, 0.25) is 0 Å². The molecule has 3 aromatic heterocycles. The molecular formula is C18H12N6O3. The Kier molecular flexibility index (Phi) is 3.78. The molecule has 2 N–H and O–H groups in total. The second kappa shape index (κ2) is 6.27. The number of nitrogens with zero attached hydrogens (tertiary/aromatic N) is 4. The Hall–Kier alpha value is -4.19. The van der Waals surface area contributed by atoms with E-state index in [-0.39, 0.29) is 11.1 Å². The van der Waals surface area contributed by atoms with Gasteiger partial charge >= 0.3 is 0 Å². The van der Waals surface area contributed by atoms with E-state index in [2.05, 4.69) is 20.5 Å². The van der Waals surface area contributed by atoms with Crippen molar-refractivity contribution in [2.45, 2.75) is 0 Å². The van der Waals surface area contributed by atoms with Gasteiger partial charge in [0, 0.05) is 24.3 Å². The third-order valence-electron chi connectivity index (χ3n) is 4.05. The summed E-state index contributed by atoms with van der Waals surface area (Å²) < 4.78 is 6.49. The number of anilines is 1. The Bertz CT molecular complexity index is 1260. The van der Waals surface area contributed by atoms with E-state index in [9.17, 15) is 9.59 Å². The summed E-state index contributed by atoms with van der Waals surface area (Å²) in [5.41, 5.74) is 1.53. The van der Waals surface area contributed by atoms with Gasteiger partial charge < -0.3 is 14.3 Å². The van der Waals surface area contributed by atoms with Crippen LogP contribution in [0.5, 0.6) is 0 Å². The molecule has 0 saturated heterocycles. The summed E-state index contributed by atoms with van der Waals surface area (Å²) in [6.45, 7) is 0. The highest BCUT2D eigenvalue weighted by atomic mass is 16.3. The molecule has 1 amide bonds. The number of H-pyrrole nitrogens is 1. The predicted octanol–water partition coefficient (Wildman–Crippen LogP) is 2.04. The minimum atomic E-state index is -0.453. The van der Waals surface area contributed by atoms with Crippen molar-refractivity contribution in [2.24, 2.45) is 7.05 Å². The van der Waals surface area contributed by atoms with Crippen LogP contribution in [-0.2, 0) is 7.05 Å². The molecule has 0 aliphatic carbocycles. The quantitative estimate of drug-likeness (QED) is 0.575. The van der Waals surface area contributed by atoms with Gasteiger partial charge in [-0.15, -0.1) is 0 Å². The van der Waals surface area contributed by atoms with Crippen LogP contribution in [0.25, 0.3) is 22.4 Å². The summed E-state index contributed by atoms with van der Waals surface area (Å²) >= 11 is 0. The minimum Gasteiger partial charge on any atom is -0.442 e. The van der Waals surface area contributed by atoms with Crippen LogP contribution in [0.2, 0.25) is 0 Å². The number of aromatic nitrogens is 4. The van der Waals surface area contributed by atoms with Gasteiger partial charge in [-0.2, -0.15) is 10.4 Å². The Morgan fingerprint density at radius 3 is 2.96 bits per heavy atom. The van der Waals surface area contributed by atoms with Crippen molar-refractivity contribution in [1.82, 2.24) is 19.7 Å². The first-order chi connectivity index (χ1) is 13.1. The van der Waals surface area contributed by atoms with Crippen LogP contribution in [0.4, 0.5) is 5.69 Å². The van der Waals surface area contributed by atoms with Gasteiger partial charge in [-0.05, 0) is 24.3 Å². The number of pyridine rings is 1. The second-order valence-electron chi connectivity index (χ2n) is 5.82. The van der Waals surface area contributed by atoms with Crippen LogP contribution in [-0.4, -0.2) is 25.7 Å². The number of fused-ring (bicyclic) bond motifs is 1. The van der Waals surface area contributed by atoms with Gasteiger partial charge in [-0.3, -0.25) is 14.7 Å². The van der Waals surface area contributed by atoms with E-state index in [1.807, 2.05) is 0 Å². The maximum atomic E-state index is 12.5. The normalized spacial score (nSPS) is 10.7. The highest BCUT2D eigenvalue weighted by molar-refractivity contribution is 6.05. The van der Waals surface area contributed by atoms with Crippen molar-refractivity contribution in [2.75, 3.05) is 5.32 Å². The van der Waals surface area contributed by atoms with Gasteiger partial charge in [0.1, 0.15) is 17.3 Å². The lowest BCUT2D eigenvalue weighted by atomic mass is 10.1. The number of benzene rings is 1. The predicted molar refractivity (Wildman–Crippen MR) is 95.9 cm³/mol. The average Bonchev–Trinajstić information content (AvgIpc) is 3.32. The van der Waals surface area contributed by atoms with Crippen LogP contribution in [0.15, 0.2) is 52.3 Å². The molecule has 0 aliphatic rings. The number of oxazole rings is 1. The van der Waals surface area contributed by atoms with E-state index in [1.165, 1.54) is 30.3 Å². The molecule has 0 spiro atoms. The van der Waals surface area contributed by atoms with Crippen LogP contribution in [0, 0.1) is 11.3 Å². The molecule has 0 saturated carbocycles. The van der Waals surface area contributed by atoms with Crippen LogP contribution in [0.1, 0.15) is 15.9 Å². The summed E-state index contributed by atoms with van der Waals surface area (Å²) in [5, 5.41) is 19.7. The Balaban J connectivity index is 1.69. The van der Waals surface area contributed by atoms with Gasteiger partial charge in [0.15, 0.2) is 12.2 Å². The molecule has 9 nitrogen and oxygen atoms in total. The lowest BCUT2D eigenvalue weighted by Crippen LogP contribution is -2.23. The molecule has 1 aromatic carbocycles. The maximum absolute atomic E-state index is 12.5. The number of aromatic amines is 1. The molecule has 0 unspecified atom stereocenters. The molecule has 0 bridgehead atoms. The van der Waals surface area contributed by atoms with Gasteiger partial charge in [-0.25, -0.2) is 4.98 Å². The van der Waals surface area contributed by atoms with Crippen molar-refractivity contribution in [3.05, 3.63) is 64.5 Å². The van der Waals surface area contributed by atoms with Crippen LogP contribution < -0.4 is 10.9 Å². The first-order valence-electron chi connectivity index (χ1n) is 7.86. The van der Waals surface area contributed by atoms with Crippen molar-refractivity contribution in [3.63, 3.8) is 0 Å². The number of nitriles is 1. The van der Waals surface area contributed by atoms with Gasteiger partial charge in [-0.1, -0.05) is 0 Å². The first-order valence-corrected chi connectivity index (χ1v) is 7.86. The molecule has 4 rings (SSSR count). The zero-order valence-corrected chi connectivity index (χ0v) is 14.1. The van der Waals surface area contributed by atoms with Gasteiger partial charge in [0.25, 0.3) is 11.5 Å². The van der Waals surface area contributed by atoms with Crippen LogP contribution in [0.3, 0.4) is 0 Å². The zero-order valence-electron chi connectivity index (χ0n) is 14.1. The summed E-state index contributed by atoms with van der Waals surface area (Å²) in [7, 11) is 1.49. The van der Waals surface area contributed by atoms with E-state index >= 15 is 0 Å². The molecule has 132 valence electrons. The minimum absolute atomic E-state index is 0.0944. The molecule has 3 heterocycles. The summed E-state index contributed by atoms with van der Waals surface area (Å²) in [6, 6.07) is 8.32. The molecule has 0 atom stereocenters. The van der Waals surface area contributed by atoms with Crippen molar-refractivity contribution in [1.29, 1.82) is 5.26 Å². The zero-order chi connectivity index (χ0) is 19.0. The van der Waals surface area contributed by atoms with Gasteiger partial charge in [0.05, 0.1) is 17.3 Å². The third kappa shape index (κ3) is 2.85. The van der Waals surface area contributed by atoms with Crippen molar-refractivity contribution >= 4 is 22.5 Å². The molecule has 4 aromatic rings. The SMILES string of the molecule is Cn1cc(C(=O)Nc2ccc3[nH]nc(-c4cnco4)c3c2)cc(C#N)c1=O. The molecule has 0 radical (unpaired) electrons. The number of aryl methyl sites for hydroxylation is 1. The number of amides is 1. The Labute approximate surface area is 151 Å². The molecule has 27 heavy (non-hydrogen) atoms. The van der Waals surface area contributed by atoms with E-state index in [0.29, 0.717) is 17.1 Å². The highest BCUT2D eigenvalue weighted by Crippen LogP contribution is 2.28. The second-order valence-corrected chi connectivity index (χ2v) is 5.82. The lowest BCUT2D eigenvalue weighted by Gasteiger charge is -2.07. The number of rotatable bonds is 3. The summed E-state index contributed by atoms with van der Waals surface area (Å²) in [5.74, 6) is 0.0626. The van der Waals surface area contributed by atoms with Crippen molar-refractivity contribution in [3.8, 4) is 17.5 Å². The molecule has 0 fully saturated rings. The smallest absolute Gasteiger partial charge is 0.268 e. The van der Waals surface area contributed by atoms with E-state index in [0.717, 1.165) is 10.9 Å². The highest BCUT2D eigenvalue weighted by Gasteiger charge is 2.14. The topological polar surface area (TPSA) is 130 Å². The number of hydrogen-bond donors (Lipinski definition) is 2. The lowest BCUT2D eigenvalue weighted by molar-refractivity contribution is 0.102. The third-order valence-corrected chi connectivity index (χ3v) is 4.05. The molecule has 9 heteroatoms. The first kappa shape index (κ1) is 16.3. The molecule has 0 aliphatic heterocycles. The summed E-state index contributed by atoms with van der Waals surface area (Å²) in [6.07, 6.45) is 4.25. The fourth-order valence-corrected chi connectivity index (χ4v) is 2.73. The largest absolute Gasteiger partial charge is 0.442 e. The number of hydrogen-bond acceptors (Lipinski definition) is 6. The Morgan fingerprint density at radius 1 is 1.37 bits per heavy atom. The fourth-order valence-electron chi connectivity index (χ4n) is 2.73. The fraction of sp³-hybridized carbons (Fsp3) is 0.0556. The average molecular weight is 360 g/mol. The van der Waals surface area contributed by atoms with E-state index in [4.69, 9.17) is 9.68 Å². The standard InChI is InChI=1S/C18H12N6O3/c1-24-8-11(4-10(6-19)18(24)26)17(25)21-12-2-3-14-13(5-12)16(23-22-14)15-7-20-9-27-15/h2-5,7-9H,1H3,(H,21,25)(H,22,23). The monoisotopic (exact) mass is 360 g/mol. The Morgan fingerprint density at radius 2 is 2.22 bits per heavy atom. The molecular weight excluding hydrogens is 348 g/mol. The maximum Gasteiger partial charge on any atom is 0.268 e.